The molecule has 0 N–H and O–H groups in total. The predicted molar refractivity (Wildman–Crippen MR) is 113 cm³/mol. The van der Waals surface area contributed by atoms with Crippen molar-refractivity contribution in [3.63, 3.8) is 0 Å². The van der Waals surface area contributed by atoms with Gasteiger partial charge in [-0.25, -0.2) is 0 Å². The van der Waals surface area contributed by atoms with Crippen LogP contribution < -0.4 is 0 Å². The summed E-state index contributed by atoms with van der Waals surface area (Å²) in [5.41, 5.74) is 1.13. The van der Waals surface area contributed by atoms with E-state index in [1.165, 1.54) is 27.7 Å². The van der Waals surface area contributed by atoms with Crippen LogP contribution >= 0.6 is 0 Å². The second kappa shape index (κ2) is 12.9. The molecule has 1 heterocycles. The van der Waals surface area contributed by atoms with Crippen molar-refractivity contribution in [2.75, 3.05) is 13.2 Å². The van der Waals surface area contributed by atoms with Crippen LogP contribution in [0.3, 0.4) is 0 Å². The van der Waals surface area contributed by atoms with Gasteiger partial charge in [-0.15, -0.1) is 0 Å². The van der Waals surface area contributed by atoms with Crippen LogP contribution in [0.2, 0.25) is 0 Å². The minimum atomic E-state index is -1.23. The van der Waals surface area contributed by atoms with Crippen molar-refractivity contribution >= 4 is 23.9 Å². The van der Waals surface area contributed by atoms with Gasteiger partial charge in [-0.05, 0) is 18.4 Å². The van der Waals surface area contributed by atoms with Crippen LogP contribution in [0.5, 0.6) is 0 Å². The number of rotatable bonds is 10. The van der Waals surface area contributed by atoms with E-state index >= 15 is 0 Å². The van der Waals surface area contributed by atoms with E-state index < -0.39 is 54.6 Å². The summed E-state index contributed by atoms with van der Waals surface area (Å²) in [6, 6.07) is 9.80. The second-order valence-corrected chi connectivity index (χ2v) is 7.53. The van der Waals surface area contributed by atoms with Crippen molar-refractivity contribution in [3.8, 4) is 0 Å². The number of carbonyl (C=O) groups is 4. The highest BCUT2D eigenvalue weighted by Gasteiger charge is 2.52. The summed E-state index contributed by atoms with van der Waals surface area (Å²) in [4.78, 5) is 46.6. The first-order valence-electron chi connectivity index (χ1n) is 10.6. The first kappa shape index (κ1) is 26.3. The topological polar surface area (TPSA) is 124 Å². The Morgan fingerprint density at radius 1 is 0.788 bits per heavy atom. The van der Waals surface area contributed by atoms with Gasteiger partial charge < -0.3 is 28.4 Å². The lowest BCUT2D eigenvalue weighted by atomic mass is 9.98. The molecule has 5 unspecified atom stereocenters. The smallest absolute Gasteiger partial charge is 0.303 e. The summed E-state index contributed by atoms with van der Waals surface area (Å²) < 4.78 is 32.8. The van der Waals surface area contributed by atoms with Gasteiger partial charge in [0.2, 0.25) is 0 Å². The summed E-state index contributed by atoms with van der Waals surface area (Å²) in [5.74, 6) is -2.62. The maximum absolute atomic E-state index is 11.8. The average Bonchev–Trinajstić information content (AvgIpc) is 2.73. The third kappa shape index (κ3) is 8.82. The maximum Gasteiger partial charge on any atom is 0.303 e. The van der Waals surface area contributed by atoms with Crippen molar-refractivity contribution in [3.05, 3.63) is 35.9 Å². The van der Waals surface area contributed by atoms with Crippen LogP contribution in [0.4, 0.5) is 0 Å². The normalized spacial score (nSPS) is 24.4. The molecule has 2 rings (SSSR count). The van der Waals surface area contributed by atoms with Crippen molar-refractivity contribution in [2.45, 2.75) is 71.2 Å². The van der Waals surface area contributed by atoms with Crippen LogP contribution in [0.15, 0.2) is 30.3 Å². The number of hydrogen-bond acceptors (Lipinski definition) is 10. The van der Waals surface area contributed by atoms with Crippen molar-refractivity contribution in [1.29, 1.82) is 0 Å². The summed E-state index contributed by atoms with van der Waals surface area (Å²) in [6.45, 7) is 4.68. The van der Waals surface area contributed by atoms with Crippen molar-refractivity contribution < 1.29 is 47.6 Å². The molecule has 0 bridgehead atoms. The zero-order valence-electron chi connectivity index (χ0n) is 19.2. The molecule has 0 aromatic heterocycles. The lowest BCUT2D eigenvalue weighted by Crippen LogP contribution is -2.63. The highest BCUT2D eigenvalue weighted by Crippen LogP contribution is 2.30. The van der Waals surface area contributed by atoms with Gasteiger partial charge in [0.05, 0.1) is 6.61 Å². The average molecular weight is 466 g/mol. The summed E-state index contributed by atoms with van der Waals surface area (Å²) in [5, 5.41) is 0. The molecule has 0 aliphatic carbocycles. The first-order chi connectivity index (χ1) is 15.7. The minimum Gasteiger partial charge on any atom is -0.463 e. The molecule has 0 saturated carbocycles. The monoisotopic (exact) mass is 466 g/mol. The fourth-order valence-electron chi connectivity index (χ4n) is 3.44. The highest BCUT2D eigenvalue weighted by molar-refractivity contribution is 5.68. The summed E-state index contributed by atoms with van der Waals surface area (Å²) in [6.07, 6.45) is -4.43. The molecule has 10 heteroatoms. The van der Waals surface area contributed by atoms with E-state index in [9.17, 15) is 19.2 Å². The molecule has 1 fully saturated rings. The van der Waals surface area contributed by atoms with E-state index in [2.05, 4.69) is 0 Å². The number of esters is 4. The fraction of sp³-hybridized carbons (Fsp3) is 0.565. The SMILES string of the molecule is CC(=O)OCC1OC(OCCCc2ccccc2)C(OC(C)=O)C(OC(C)=O)C1OC(C)=O. The lowest BCUT2D eigenvalue weighted by Gasteiger charge is -2.44. The second-order valence-electron chi connectivity index (χ2n) is 7.53. The largest absolute Gasteiger partial charge is 0.463 e. The molecule has 1 aromatic rings. The standard InChI is InChI=1S/C23H30O10/c1-14(24)29-13-19-20(30-15(2)25)21(31-16(3)26)22(32-17(4)27)23(33-19)28-12-8-11-18-9-6-5-7-10-18/h5-7,9-10,19-23H,8,11-13H2,1-4H3. The molecule has 0 spiro atoms. The quantitative estimate of drug-likeness (QED) is 0.286. The van der Waals surface area contributed by atoms with Gasteiger partial charge in [0.1, 0.15) is 12.7 Å². The van der Waals surface area contributed by atoms with E-state index in [1.807, 2.05) is 30.3 Å². The number of benzene rings is 1. The molecule has 33 heavy (non-hydrogen) atoms. The Kier molecular flexibility index (Phi) is 10.3. The molecule has 0 amide bonds. The van der Waals surface area contributed by atoms with Crippen LogP contribution in [-0.4, -0.2) is 67.8 Å². The molecule has 1 aliphatic heterocycles. The Balaban J connectivity index is 2.21. The van der Waals surface area contributed by atoms with Crippen molar-refractivity contribution in [2.24, 2.45) is 0 Å². The Bertz CT molecular complexity index is 809. The first-order valence-corrected chi connectivity index (χ1v) is 10.6. The van der Waals surface area contributed by atoms with E-state index in [-0.39, 0.29) is 13.2 Å². The molecule has 1 aliphatic rings. The van der Waals surface area contributed by atoms with Gasteiger partial charge in [0, 0.05) is 27.7 Å². The van der Waals surface area contributed by atoms with Gasteiger partial charge in [-0.2, -0.15) is 0 Å². The number of aryl methyl sites for hydroxylation is 1. The van der Waals surface area contributed by atoms with Gasteiger partial charge >= 0.3 is 23.9 Å². The van der Waals surface area contributed by atoms with Crippen molar-refractivity contribution in [1.82, 2.24) is 0 Å². The van der Waals surface area contributed by atoms with E-state index in [1.54, 1.807) is 0 Å². The third-order valence-electron chi connectivity index (χ3n) is 4.68. The van der Waals surface area contributed by atoms with Gasteiger partial charge in [0.25, 0.3) is 0 Å². The molecule has 5 atom stereocenters. The molecular formula is C23H30O10. The number of ether oxygens (including phenoxy) is 6. The lowest BCUT2D eigenvalue weighted by molar-refractivity contribution is -0.308. The number of carbonyl (C=O) groups excluding carboxylic acids is 4. The summed E-state index contributed by atoms with van der Waals surface area (Å²) in [7, 11) is 0. The fourth-order valence-corrected chi connectivity index (χ4v) is 3.44. The molecular weight excluding hydrogens is 436 g/mol. The van der Waals surface area contributed by atoms with Crippen LogP contribution in [0.1, 0.15) is 39.7 Å². The van der Waals surface area contributed by atoms with Gasteiger partial charge in [-0.3, -0.25) is 19.2 Å². The Hall–Kier alpha value is -2.98. The molecule has 1 aromatic carbocycles. The Morgan fingerprint density at radius 3 is 1.94 bits per heavy atom. The summed E-state index contributed by atoms with van der Waals surface area (Å²) >= 11 is 0. The highest BCUT2D eigenvalue weighted by atomic mass is 16.7. The predicted octanol–water partition coefficient (Wildman–Crippen LogP) is 1.72. The van der Waals surface area contributed by atoms with Gasteiger partial charge in [0.15, 0.2) is 24.6 Å². The van der Waals surface area contributed by atoms with E-state index in [0.29, 0.717) is 6.42 Å². The Morgan fingerprint density at radius 2 is 1.36 bits per heavy atom. The zero-order chi connectivity index (χ0) is 24.4. The Labute approximate surface area is 192 Å². The molecule has 1 saturated heterocycles. The van der Waals surface area contributed by atoms with Crippen LogP contribution in [-0.2, 0) is 54.0 Å². The maximum atomic E-state index is 11.8. The van der Waals surface area contributed by atoms with E-state index in [4.69, 9.17) is 28.4 Å². The molecule has 10 nitrogen and oxygen atoms in total. The zero-order valence-corrected chi connectivity index (χ0v) is 19.2. The minimum absolute atomic E-state index is 0.239. The van der Waals surface area contributed by atoms with Crippen LogP contribution in [0.25, 0.3) is 0 Å². The van der Waals surface area contributed by atoms with Gasteiger partial charge in [-0.1, -0.05) is 30.3 Å². The van der Waals surface area contributed by atoms with Crippen LogP contribution in [0, 0.1) is 0 Å². The number of hydrogen-bond donors (Lipinski definition) is 0. The molecule has 182 valence electrons. The third-order valence-corrected chi connectivity index (χ3v) is 4.68. The molecule has 0 radical (unpaired) electrons. The van der Waals surface area contributed by atoms with E-state index in [0.717, 1.165) is 12.0 Å².